The van der Waals surface area contributed by atoms with Crippen LogP contribution in [0.5, 0.6) is 0 Å². The number of imide groups is 1. The fourth-order valence-electron chi connectivity index (χ4n) is 4.49. The third-order valence-electron chi connectivity index (χ3n) is 6.07. The number of aromatic nitrogens is 4. The van der Waals surface area contributed by atoms with Crippen molar-refractivity contribution >= 4 is 40.9 Å². The Labute approximate surface area is 258 Å². The van der Waals surface area contributed by atoms with Crippen molar-refractivity contribution in [3.05, 3.63) is 23.6 Å². The maximum absolute atomic E-state index is 16.5. The third-order valence-corrected chi connectivity index (χ3v) is 6.34. The van der Waals surface area contributed by atoms with Crippen LogP contribution in [-0.4, -0.2) is 73.0 Å². The molecule has 0 aliphatic heterocycles. The van der Waals surface area contributed by atoms with Crippen molar-refractivity contribution < 1.29 is 32.9 Å². The predicted molar refractivity (Wildman–Crippen MR) is 162 cm³/mol. The number of rotatable bonds is 5. The molecule has 13 heteroatoms. The van der Waals surface area contributed by atoms with Crippen molar-refractivity contribution in [2.24, 2.45) is 5.92 Å². The van der Waals surface area contributed by atoms with E-state index in [4.69, 9.17) is 30.5 Å². The van der Waals surface area contributed by atoms with Crippen LogP contribution in [0.1, 0.15) is 89.1 Å². The van der Waals surface area contributed by atoms with E-state index in [0.29, 0.717) is 10.5 Å². The SMILES string of the molecule is C=C1[C@@H](n2cnc3c(Cl)nc(N(C(=O)OC(C)(C)C)C(=O)OC(C)(C)C)nc32)C(F)[C@H](OC(C)(C)C)[C@H]1COC(C)(C)C. The van der Waals surface area contributed by atoms with E-state index in [2.05, 4.69) is 21.5 Å². The molecular weight excluding hydrogens is 581 g/mol. The first kappa shape index (κ1) is 34.7. The molecule has 0 saturated heterocycles. The Morgan fingerprint density at radius 2 is 1.47 bits per heavy atom. The Balaban J connectivity index is 2.15. The molecule has 1 saturated carbocycles. The highest BCUT2D eigenvalue weighted by Crippen LogP contribution is 2.46. The molecule has 11 nitrogen and oxygen atoms in total. The predicted octanol–water partition coefficient (Wildman–Crippen LogP) is 7.22. The largest absolute Gasteiger partial charge is 0.443 e. The maximum atomic E-state index is 16.5. The van der Waals surface area contributed by atoms with Crippen LogP contribution in [0.4, 0.5) is 19.9 Å². The highest BCUT2D eigenvalue weighted by atomic mass is 35.5. The van der Waals surface area contributed by atoms with E-state index in [1.54, 1.807) is 41.5 Å². The number of fused-ring (bicyclic) bond motifs is 1. The van der Waals surface area contributed by atoms with E-state index in [1.165, 1.54) is 10.9 Å². The van der Waals surface area contributed by atoms with Crippen molar-refractivity contribution in [1.82, 2.24) is 19.5 Å². The Kier molecular flexibility index (Phi) is 9.61. The summed E-state index contributed by atoms with van der Waals surface area (Å²) in [5.41, 5.74) is -2.31. The topological polar surface area (TPSA) is 118 Å². The van der Waals surface area contributed by atoms with Gasteiger partial charge in [-0.1, -0.05) is 18.2 Å². The van der Waals surface area contributed by atoms with Gasteiger partial charge in [0, 0.05) is 5.92 Å². The van der Waals surface area contributed by atoms with Crippen molar-refractivity contribution in [3.63, 3.8) is 0 Å². The number of hydrogen-bond acceptors (Lipinski definition) is 9. The third kappa shape index (κ3) is 8.63. The van der Waals surface area contributed by atoms with Gasteiger partial charge in [0.25, 0.3) is 0 Å². The number of halogens is 2. The normalized spacial score (nSPS) is 21.8. The fourth-order valence-corrected chi connectivity index (χ4v) is 4.70. The van der Waals surface area contributed by atoms with Crippen molar-refractivity contribution in [1.29, 1.82) is 0 Å². The van der Waals surface area contributed by atoms with E-state index < -0.39 is 64.8 Å². The number of amides is 2. The van der Waals surface area contributed by atoms with Crippen LogP contribution in [0, 0.1) is 5.92 Å². The van der Waals surface area contributed by atoms with Crippen molar-refractivity contribution in [3.8, 4) is 0 Å². The lowest BCUT2D eigenvalue weighted by Gasteiger charge is -2.31. The minimum absolute atomic E-state index is 0.0767. The molecule has 1 aliphatic rings. The molecule has 2 amide bonds. The molecule has 240 valence electrons. The molecule has 4 atom stereocenters. The molecule has 0 bridgehead atoms. The second-order valence-electron chi connectivity index (χ2n) is 14.6. The van der Waals surface area contributed by atoms with Gasteiger partial charge in [-0.05, 0) is 88.7 Å². The van der Waals surface area contributed by atoms with E-state index in [9.17, 15) is 9.59 Å². The highest BCUT2D eigenvalue weighted by molar-refractivity contribution is 6.33. The molecule has 1 aliphatic carbocycles. The molecule has 2 heterocycles. The number of carbonyl (C=O) groups is 2. The Morgan fingerprint density at radius 3 is 1.93 bits per heavy atom. The van der Waals surface area contributed by atoms with Gasteiger partial charge in [-0.2, -0.15) is 9.97 Å². The minimum Gasteiger partial charge on any atom is -0.443 e. The van der Waals surface area contributed by atoms with Gasteiger partial charge in [-0.25, -0.2) is 19.0 Å². The van der Waals surface area contributed by atoms with Crippen LogP contribution in [-0.2, 0) is 18.9 Å². The molecule has 0 N–H and O–H groups in total. The van der Waals surface area contributed by atoms with Gasteiger partial charge in [0.05, 0.1) is 30.2 Å². The van der Waals surface area contributed by atoms with Crippen molar-refractivity contribution in [2.75, 3.05) is 11.5 Å². The summed E-state index contributed by atoms with van der Waals surface area (Å²) < 4.78 is 41.1. The van der Waals surface area contributed by atoms with Gasteiger partial charge in [0.15, 0.2) is 17.0 Å². The number of carbonyl (C=O) groups excluding carboxylic acids is 2. The summed E-state index contributed by atoms with van der Waals surface area (Å²) in [5.74, 6) is -0.912. The van der Waals surface area contributed by atoms with Gasteiger partial charge in [-0.3, -0.25) is 0 Å². The summed E-state index contributed by atoms with van der Waals surface area (Å²) in [6.07, 6.45) is -3.22. The molecule has 2 aromatic heterocycles. The summed E-state index contributed by atoms with van der Waals surface area (Å²) in [7, 11) is 0. The summed E-state index contributed by atoms with van der Waals surface area (Å²) in [5, 5.41) is -0.162. The Bertz CT molecular complexity index is 1340. The Morgan fingerprint density at radius 1 is 0.930 bits per heavy atom. The summed E-state index contributed by atoms with van der Waals surface area (Å²) >= 11 is 6.50. The lowest BCUT2D eigenvalue weighted by atomic mass is 10.0. The van der Waals surface area contributed by atoms with Gasteiger partial charge in [0.1, 0.15) is 22.8 Å². The smallest absolute Gasteiger partial charge is 0.427 e. The monoisotopic (exact) mass is 625 g/mol. The van der Waals surface area contributed by atoms with Gasteiger partial charge >= 0.3 is 12.2 Å². The number of hydrogen-bond donors (Lipinski definition) is 0. The average Bonchev–Trinajstić information content (AvgIpc) is 3.27. The second kappa shape index (κ2) is 11.9. The fraction of sp³-hybridized carbons (Fsp3) is 0.700. The molecule has 2 aromatic rings. The minimum atomic E-state index is -1.57. The number of ether oxygens (including phenoxy) is 4. The molecule has 43 heavy (non-hydrogen) atoms. The zero-order chi connectivity index (χ0) is 32.9. The lowest BCUT2D eigenvalue weighted by Crippen LogP contribution is -2.44. The van der Waals surface area contributed by atoms with Crippen molar-refractivity contribution in [2.45, 2.75) is 124 Å². The highest BCUT2D eigenvalue weighted by Gasteiger charge is 2.50. The van der Waals surface area contributed by atoms with Crippen LogP contribution in [0.2, 0.25) is 5.15 Å². The number of alkyl halides is 1. The van der Waals surface area contributed by atoms with Crippen LogP contribution in [0.15, 0.2) is 18.5 Å². The van der Waals surface area contributed by atoms with Crippen LogP contribution in [0.25, 0.3) is 11.2 Å². The summed E-state index contributed by atoms with van der Waals surface area (Å²) in [4.78, 5) is 40.0. The van der Waals surface area contributed by atoms with Crippen LogP contribution in [0.3, 0.4) is 0 Å². The van der Waals surface area contributed by atoms with E-state index >= 15 is 4.39 Å². The quantitative estimate of drug-likeness (QED) is 0.251. The molecule has 1 fully saturated rings. The molecular formula is C30H45ClFN5O6. The lowest BCUT2D eigenvalue weighted by molar-refractivity contribution is -0.118. The number of nitrogens with zero attached hydrogens (tertiary/aromatic N) is 5. The van der Waals surface area contributed by atoms with Crippen LogP contribution >= 0.6 is 11.6 Å². The first-order valence-electron chi connectivity index (χ1n) is 14.2. The first-order valence-corrected chi connectivity index (χ1v) is 14.6. The second-order valence-corrected chi connectivity index (χ2v) is 15.0. The summed E-state index contributed by atoms with van der Waals surface area (Å²) in [6.45, 7) is 25.6. The zero-order valence-corrected chi connectivity index (χ0v) is 28.0. The van der Waals surface area contributed by atoms with Crippen LogP contribution < -0.4 is 4.90 Å². The number of imidazole rings is 1. The molecule has 0 radical (unpaired) electrons. The molecule has 0 spiro atoms. The number of anilines is 1. The first-order chi connectivity index (χ1) is 19.4. The van der Waals surface area contributed by atoms with E-state index in [0.717, 1.165) is 0 Å². The van der Waals surface area contributed by atoms with Gasteiger partial charge in [-0.15, -0.1) is 4.90 Å². The standard InChI is InChI=1S/C30H45ClFN5O6/c1-16-17(14-40-27(2,3)4)21(41-28(5,6)7)18(32)20(16)36-15-33-19-22(31)34-24(35-23(19)36)37(25(38)42-29(8,9)10)26(39)43-30(11,12)13/h15,17-18,20-21H,1,14H2,2-13H3/t17-,18?,20+,21+/m0/s1. The molecule has 3 rings (SSSR count). The van der Waals surface area contributed by atoms with E-state index in [1.807, 2.05) is 41.5 Å². The van der Waals surface area contributed by atoms with Gasteiger partial charge < -0.3 is 23.5 Å². The maximum Gasteiger partial charge on any atom is 0.427 e. The zero-order valence-electron chi connectivity index (χ0n) is 27.2. The summed E-state index contributed by atoms with van der Waals surface area (Å²) in [6, 6.07) is -0.971. The molecule has 1 unspecified atom stereocenters. The molecule has 0 aromatic carbocycles. The van der Waals surface area contributed by atoms with Gasteiger partial charge in [0.2, 0.25) is 5.95 Å². The Hall–Kier alpha value is -2.83. The average molecular weight is 626 g/mol. The van der Waals surface area contributed by atoms with E-state index in [-0.39, 0.29) is 22.9 Å².